The summed E-state index contributed by atoms with van der Waals surface area (Å²) in [5, 5.41) is 24.0. The fourth-order valence-corrected chi connectivity index (χ4v) is 0.682. The normalized spacial score (nSPS) is 14.1. The van der Waals surface area contributed by atoms with Gasteiger partial charge in [-0.2, -0.15) is 0 Å². The van der Waals surface area contributed by atoms with Crippen LogP contribution in [0.1, 0.15) is 0 Å². The molecule has 0 aromatic rings. The molecule has 12 heteroatoms. The molecular weight excluding hydrogens is 275 g/mol. The van der Waals surface area contributed by atoms with Crippen LogP contribution in [0.4, 0.5) is 0 Å². The quantitative estimate of drug-likeness (QED) is 0.243. The van der Waals surface area contributed by atoms with Crippen LogP contribution in [0, 0.1) is 0 Å². The molecule has 0 unspecified atom stereocenters. The number of phosphoric acid groups is 1. The van der Waals surface area contributed by atoms with Crippen molar-refractivity contribution in [1.82, 2.24) is 0 Å². The van der Waals surface area contributed by atoms with Gasteiger partial charge < -0.3 is 36.6 Å². The highest BCUT2D eigenvalue weighted by molar-refractivity contribution is 7.46. The second-order valence-electron chi connectivity index (χ2n) is 2.86. The highest BCUT2D eigenvalue weighted by atomic mass is 31.2. The van der Waals surface area contributed by atoms with Crippen molar-refractivity contribution in [3.8, 4) is 0 Å². The first kappa shape index (κ1) is 19.3. The Bertz CT molecular complexity index is 316. The molecule has 0 amide bonds. The van der Waals surface area contributed by atoms with Crippen molar-refractivity contribution in [1.29, 1.82) is 0 Å². The lowest BCUT2D eigenvalue weighted by Gasteiger charge is -2.07. The fourth-order valence-electron chi connectivity index (χ4n) is 0.327. The third-order valence-electron chi connectivity index (χ3n) is 1.25. The minimum atomic E-state index is -4.60. The van der Waals surface area contributed by atoms with Crippen LogP contribution in [0.2, 0.25) is 0 Å². The van der Waals surface area contributed by atoms with E-state index >= 15 is 0 Å². The smallest absolute Gasteiger partial charge is 0.469 e. The van der Waals surface area contributed by atoms with Gasteiger partial charge in [-0.3, -0.25) is 14.1 Å². The summed E-state index contributed by atoms with van der Waals surface area (Å²) in [5.41, 5.74) is 9.62. The minimum absolute atomic E-state index is 0.505. The highest BCUT2D eigenvalue weighted by Crippen LogP contribution is 2.35. The maximum absolute atomic E-state index is 9.98. The van der Waals surface area contributed by atoms with Gasteiger partial charge in [0.15, 0.2) is 0 Å². The lowest BCUT2D eigenvalue weighted by Crippen LogP contribution is -2.34. The Hall–Kier alpha value is -1.07. The monoisotopic (exact) mass is 290 g/mol. The Morgan fingerprint density at radius 2 is 1.50 bits per heavy atom. The average Bonchev–Trinajstić information content (AvgIpc) is 2.24. The SMILES string of the molecule is N[C@@H](CO)C(=O)O.N[C@@H](COP(=O)(O)O)C(=O)O. The topological polar surface area (TPSA) is 214 Å². The molecule has 0 aliphatic rings. The van der Waals surface area contributed by atoms with Crippen LogP contribution in [0.25, 0.3) is 0 Å². The van der Waals surface area contributed by atoms with Gasteiger partial charge in [0.2, 0.25) is 0 Å². The van der Waals surface area contributed by atoms with E-state index in [0.29, 0.717) is 0 Å². The molecule has 0 aliphatic heterocycles. The van der Waals surface area contributed by atoms with E-state index in [4.69, 9.17) is 36.6 Å². The van der Waals surface area contributed by atoms with Crippen LogP contribution in [-0.4, -0.2) is 62.3 Å². The number of hydrogen-bond donors (Lipinski definition) is 7. The summed E-state index contributed by atoms with van der Waals surface area (Å²) < 4.78 is 13.8. The van der Waals surface area contributed by atoms with Crippen molar-refractivity contribution < 1.29 is 43.8 Å². The molecule has 9 N–H and O–H groups in total. The maximum Gasteiger partial charge on any atom is 0.469 e. The first-order valence-electron chi connectivity index (χ1n) is 4.29. The summed E-state index contributed by atoms with van der Waals surface area (Å²) in [7, 11) is -4.60. The highest BCUT2D eigenvalue weighted by Gasteiger charge is 2.19. The first-order chi connectivity index (χ1) is 8.01. The standard InChI is InChI=1S/C3H8NO6P.C3H7NO3/c4-2(3(5)6)1-10-11(7,8)9;4-2(1-5)3(6)7/h2H,1,4H2,(H,5,6)(H2,7,8,9);2,5H,1,4H2,(H,6,7)/t2*2-/m00/s1. The molecule has 0 fully saturated rings. The van der Waals surface area contributed by atoms with Crippen LogP contribution in [-0.2, 0) is 18.7 Å². The third kappa shape index (κ3) is 13.0. The Kier molecular flexibility index (Phi) is 9.57. The van der Waals surface area contributed by atoms with E-state index in [1.807, 2.05) is 0 Å². The van der Waals surface area contributed by atoms with Gasteiger partial charge in [-0.25, -0.2) is 4.57 Å². The van der Waals surface area contributed by atoms with Gasteiger partial charge in [0.05, 0.1) is 13.2 Å². The van der Waals surface area contributed by atoms with Crippen molar-refractivity contribution in [3.63, 3.8) is 0 Å². The summed E-state index contributed by atoms with van der Waals surface area (Å²) in [6.45, 7) is -1.21. The van der Waals surface area contributed by atoms with Gasteiger partial charge >= 0.3 is 19.8 Å². The van der Waals surface area contributed by atoms with Crippen molar-refractivity contribution in [3.05, 3.63) is 0 Å². The Morgan fingerprint density at radius 1 is 1.11 bits per heavy atom. The van der Waals surface area contributed by atoms with Crippen LogP contribution < -0.4 is 11.5 Å². The molecule has 2 atom stereocenters. The van der Waals surface area contributed by atoms with Crippen molar-refractivity contribution >= 4 is 19.8 Å². The number of carbonyl (C=O) groups is 2. The molecule has 0 aromatic heterocycles. The van der Waals surface area contributed by atoms with E-state index in [2.05, 4.69) is 4.52 Å². The molecule has 0 bridgehead atoms. The van der Waals surface area contributed by atoms with Crippen LogP contribution in [0.5, 0.6) is 0 Å². The zero-order chi connectivity index (χ0) is 14.9. The van der Waals surface area contributed by atoms with Gasteiger partial charge in [-0.15, -0.1) is 0 Å². The summed E-state index contributed by atoms with van der Waals surface area (Å²) in [5.74, 6) is -2.55. The zero-order valence-electron chi connectivity index (χ0n) is 9.04. The summed E-state index contributed by atoms with van der Waals surface area (Å²) in [6.07, 6.45) is 0. The van der Waals surface area contributed by atoms with E-state index in [9.17, 15) is 14.2 Å². The second-order valence-corrected chi connectivity index (χ2v) is 4.10. The number of aliphatic hydroxyl groups excluding tert-OH is 1. The number of carboxylic acids is 2. The predicted molar refractivity (Wildman–Crippen MR) is 56.3 cm³/mol. The molecule has 11 nitrogen and oxygen atoms in total. The maximum atomic E-state index is 9.98. The van der Waals surface area contributed by atoms with E-state index < -0.39 is 45.1 Å². The van der Waals surface area contributed by atoms with Crippen LogP contribution in [0.3, 0.4) is 0 Å². The molecule has 0 saturated carbocycles. The number of hydrogen-bond acceptors (Lipinski definition) is 7. The van der Waals surface area contributed by atoms with Gasteiger partial charge in [0.25, 0.3) is 0 Å². The Balaban J connectivity index is 0. The molecule has 0 rings (SSSR count). The fraction of sp³-hybridized carbons (Fsp3) is 0.667. The Labute approximate surface area is 101 Å². The van der Waals surface area contributed by atoms with Crippen LogP contribution >= 0.6 is 7.82 Å². The number of carboxylic acid groups (broad SMARTS) is 2. The van der Waals surface area contributed by atoms with Crippen molar-refractivity contribution in [2.75, 3.05) is 13.2 Å². The van der Waals surface area contributed by atoms with Crippen molar-refractivity contribution in [2.24, 2.45) is 11.5 Å². The number of nitrogens with two attached hydrogens (primary N) is 2. The number of rotatable bonds is 6. The van der Waals surface area contributed by atoms with Gasteiger partial charge in [0.1, 0.15) is 12.1 Å². The molecular formula is C6H15N2O9P. The molecule has 0 aromatic carbocycles. The number of aliphatic carboxylic acids is 2. The average molecular weight is 290 g/mol. The van der Waals surface area contributed by atoms with Gasteiger partial charge in [-0.1, -0.05) is 0 Å². The summed E-state index contributed by atoms with van der Waals surface area (Å²) in [4.78, 5) is 35.8. The van der Waals surface area contributed by atoms with E-state index in [1.54, 1.807) is 0 Å². The van der Waals surface area contributed by atoms with Gasteiger partial charge in [-0.05, 0) is 0 Å². The lowest BCUT2D eigenvalue weighted by atomic mass is 10.3. The van der Waals surface area contributed by atoms with Crippen LogP contribution in [0.15, 0.2) is 0 Å². The van der Waals surface area contributed by atoms with Crippen molar-refractivity contribution in [2.45, 2.75) is 12.1 Å². The second kappa shape index (κ2) is 8.94. The number of phosphoric ester groups is 1. The lowest BCUT2D eigenvalue weighted by molar-refractivity contribution is -0.140. The minimum Gasteiger partial charge on any atom is -0.480 e. The first-order valence-corrected chi connectivity index (χ1v) is 5.82. The molecule has 0 saturated heterocycles. The van der Waals surface area contributed by atoms with E-state index in [-0.39, 0.29) is 0 Å². The Morgan fingerprint density at radius 3 is 1.67 bits per heavy atom. The molecule has 108 valence electrons. The van der Waals surface area contributed by atoms with E-state index in [1.165, 1.54) is 0 Å². The molecule has 0 aliphatic carbocycles. The zero-order valence-corrected chi connectivity index (χ0v) is 9.93. The summed E-state index contributed by atoms with van der Waals surface area (Å²) in [6, 6.07) is -2.54. The predicted octanol–water partition coefficient (Wildman–Crippen LogP) is -3.10. The number of aliphatic hydroxyl groups is 1. The van der Waals surface area contributed by atoms with E-state index in [0.717, 1.165) is 0 Å². The molecule has 0 spiro atoms. The molecule has 0 radical (unpaired) electrons. The summed E-state index contributed by atoms with van der Waals surface area (Å²) >= 11 is 0. The molecule has 0 heterocycles. The van der Waals surface area contributed by atoms with Gasteiger partial charge in [0, 0.05) is 0 Å². The largest absolute Gasteiger partial charge is 0.480 e. The molecule has 18 heavy (non-hydrogen) atoms. The third-order valence-corrected chi connectivity index (χ3v) is 1.74.